The van der Waals surface area contributed by atoms with E-state index in [0.29, 0.717) is 0 Å². The number of nitrogens with two attached hydrogens (primary N) is 1. The topological polar surface area (TPSA) is 76.2 Å². The second-order valence-electron chi connectivity index (χ2n) is 6.79. The van der Waals surface area contributed by atoms with Crippen LogP contribution in [0.4, 0.5) is 5.69 Å². The maximum atomic E-state index is 12.5. The molecule has 1 aromatic rings. The smallest absolute Gasteiger partial charge is 0.223 e. The van der Waals surface area contributed by atoms with Crippen molar-refractivity contribution in [1.82, 2.24) is 15.1 Å². The number of nitrogens with one attached hydrogen (secondary N) is 1. The van der Waals surface area contributed by atoms with Crippen LogP contribution in [0.15, 0.2) is 12.4 Å². The number of hydrogen-bond donors (Lipinski definition) is 2. The Bertz CT molecular complexity index is 524. The number of carbonyl (C=O) groups excluding carboxylic acids is 1. The number of carbonyl (C=O) groups is 1. The summed E-state index contributed by atoms with van der Waals surface area (Å²) in [7, 11) is 1.93. The fourth-order valence-electron chi connectivity index (χ4n) is 3.69. The van der Waals surface area contributed by atoms with Gasteiger partial charge < -0.3 is 16.0 Å². The van der Waals surface area contributed by atoms with Gasteiger partial charge in [-0.2, -0.15) is 5.10 Å². The summed E-state index contributed by atoms with van der Waals surface area (Å²) in [5, 5.41) is 7.49. The molecular formula is C16H29Cl2N5O. The molecule has 1 saturated carbocycles. The van der Waals surface area contributed by atoms with Gasteiger partial charge in [0, 0.05) is 44.3 Å². The average Bonchev–Trinajstić information content (AvgIpc) is 2.94. The van der Waals surface area contributed by atoms with Crippen LogP contribution in [-0.2, 0) is 11.8 Å². The average molecular weight is 378 g/mol. The highest BCUT2D eigenvalue weighted by Gasteiger charge is 2.28. The van der Waals surface area contributed by atoms with Gasteiger partial charge in [0.2, 0.25) is 5.91 Å². The van der Waals surface area contributed by atoms with Crippen molar-refractivity contribution in [2.75, 3.05) is 18.0 Å². The summed E-state index contributed by atoms with van der Waals surface area (Å²) in [6.45, 7) is 1.91. The van der Waals surface area contributed by atoms with Crippen molar-refractivity contribution < 1.29 is 4.79 Å². The number of piperidine rings is 1. The highest BCUT2D eigenvalue weighted by molar-refractivity contribution is 5.85. The highest BCUT2D eigenvalue weighted by Crippen LogP contribution is 2.24. The Balaban J connectivity index is 0.00000144. The number of aromatic nitrogens is 2. The van der Waals surface area contributed by atoms with Crippen molar-refractivity contribution in [2.45, 2.75) is 50.6 Å². The van der Waals surface area contributed by atoms with Gasteiger partial charge >= 0.3 is 0 Å². The van der Waals surface area contributed by atoms with E-state index in [1.165, 1.54) is 0 Å². The summed E-state index contributed by atoms with van der Waals surface area (Å²) in [5.74, 6) is 0.311. The van der Waals surface area contributed by atoms with E-state index >= 15 is 0 Å². The molecule has 1 aliphatic carbocycles. The van der Waals surface area contributed by atoms with Gasteiger partial charge in [0.05, 0.1) is 11.9 Å². The van der Waals surface area contributed by atoms with E-state index in [2.05, 4.69) is 15.3 Å². The molecule has 24 heavy (non-hydrogen) atoms. The fourth-order valence-corrected chi connectivity index (χ4v) is 3.69. The monoisotopic (exact) mass is 377 g/mol. The van der Waals surface area contributed by atoms with Gasteiger partial charge in [0.25, 0.3) is 0 Å². The molecule has 2 fully saturated rings. The largest absolute Gasteiger partial charge is 0.367 e. The second kappa shape index (κ2) is 9.49. The van der Waals surface area contributed by atoms with E-state index < -0.39 is 0 Å². The summed E-state index contributed by atoms with van der Waals surface area (Å²) in [5.41, 5.74) is 7.14. The molecule has 2 heterocycles. The van der Waals surface area contributed by atoms with Gasteiger partial charge in [0.15, 0.2) is 0 Å². The molecule has 6 nitrogen and oxygen atoms in total. The maximum Gasteiger partial charge on any atom is 0.223 e. The van der Waals surface area contributed by atoms with Crippen molar-refractivity contribution in [2.24, 2.45) is 18.7 Å². The Morgan fingerprint density at radius 2 is 2.08 bits per heavy atom. The predicted molar refractivity (Wildman–Crippen MR) is 101 cm³/mol. The Hall–Kier alpha value is -0.980. The predicted octanol–water partition coefficient (Wildman–Crippen LogP) is 1.87. The number of rotatable bonds is 3. The van der Waals surface area contributed by atoms with E-state index in [1.807, 2.05) is 24.1 Å². The van der Waals surface area contributed by atoms with Crippen molar-refractivity contribution >= 4 is 36.4 Å². The van der Waals surface area contributed by atoms with Gasteiger partial charge in [-0.1, -0.05) is 6.42 Å². The molecule has 3 rings (SSSR count). The van der Waals surface area contributed by atoms with Crippen LogP contribution in [0.25, 0.3) is 0 Å². The lowest BCUT2D eigenvalue weighted by molar-refractivity contribution is -0.126. The molecule has 3 unspecified atom stereocenters. The molecule has 3 N–H and O–H groups in total. The van der Waals surface area contributed by atoms with Gasteiger partial charge in [-0.15, -0.1) is 24.8 Å². The first-order valence-electron chi connectivity index (χ1n) is 8.41. The molecule has 8 heteroatoms. The molecule has 0 aromatic carbocycles. The number of halogens is 2. The van der Waals surface area contributed by atoms with E-state index in [0.717, 1.165) is 57.3 Å². The summed E-state index contributed by atoms with van der Waals surface area (Å²) in [6, 6.07) is 0.433. The molecule has 0 spiro atoms. The van der Waals surface area contributed by atoms with Crippen LogP contribution in [0.5, 0.6) is 0 Å². The number of nitrogens with zero attached hydrogens (tertiary/aromatic N) is 3. The summed E-state index contributed by atoms with van der Waals surface area (Å²) < 4.78 is 1.82. The third kappa shape index (κ3) is 5.26. The molecule has 1 aliphatic heterocycles. The first kappa shape index (κ1) is 21.1. The first-order valence-corrected chi connectivity index (χ1v) is 8.41. The lowest BCUT2D eigenvalue weighted by Crippen LogP contribution is -2.50. The Kier molecular flexibility index (Phi) is 8.33. The van der Waals surface area contributed by atoms with Crippen molar-refractivity contribution in [1.29, 1.82) is 0 Å². The Labute approximate surface area is 156 Å². The van der Waals surface area contributed by atoms with Crippen molar-refractivity contribution in [3.63, 3.8) is 0 Å². The Morgan fingerprint density at radius 1 is 1.29 bits per heavy atom. The number of hydrogen-bond acceptors (Lipinski definition) is 4. The van der Waals surface area contributed by atoms with E-state index in [9.17, 15) is 4.79 Å². The van der Waals surface area contributed by atoms with Crippen LogP contribution >= 0.6 is 24.8 Å². The highest BCUT2D eigenvalue weighted by atomic mass is 35.5. The molecule has 1 saturated heterocycles. The molecule has 1 amide bonds. The molecule has 138 valence electrons. The second-order valence-corrected chi connectivity index (χ2v) is 6.79. The van der Waals surface area contributed by atoms with Gasteiger partial charge in [-0.05, 0) is 32.1 Å². The SMILES string of the molecule is Cl.Cl.Cn1cc(N2CCCC(NC(=O)C3CCCC(N)C3)C2)cn1. The zero-order valence-corrected chi connectivity index (χ0v) is 15.8. The van der Waals surface area contributed by atoms with E-state index in [-0.39, 0.29) is 48.7 Å². The van der Waals surface area contributed by atoms with Crippen LogP contribution in [0.3, 0.4) is 0 Å². The molecule has 0 radical (unpaired) electrons. The molecule has 0 bridgehead atoms. The summed E-state index contributed by atoms with van der Waals surface area (Å²) in [6.07, 6.45) is 10.0. The fraction of sp³-hybridized carbons (Fsp3) is 0.750. The van der Waals surface area contributed by atoms with Crippen molar-refractivity contribution in [3.8, 4) is 0 Å². The van der Waals surface area contributed by atoms with Crippen LogP contribution in [-0.4, -0.2) is 40.9 Å². The van der Waals surface area contributed by atoms with Crippen LogP contribution in [0.1, 0.15) is 38.5 Å². The summed E-state index contributed by atoms with van der Waals surface area (Å²) in [4.78, 5) is 14.8. The minimum atomic E-state index is 0. The molecule has 2 aliphatic rings. The minimum Gasteiger partial charge on any atom is -0.367 e. The number of anilines is 1. The van der Waals surface area contributed by atoms with Gasteiger partial charge in [-0.3, -0.25) is 9.48 Å². The molecule has 1 aromatic heterocycles. The first-order chi connectivity index (χ1) is 10.6. The normalized spacial score (nSPS) is 26.9. The van der Waals surface area contributed by atoms with Crippen LogP contribution in [0.2, 0.25) is 0 Å². The van der Waals surface area contributed by atoms with Gasteiger partial charge in [-0.25, -0.2) is 0 Å². The third-order valence-corrected chi connectivity index (χ3v) is 4.91. The quantitative estimate of drug-likeness (QED) is 0.842. The van der Waals surface area contributed by atoms with Crippen LogP contribution < -0.4 is 16.0 Å². The lowest BCUT2D eigenvalue weighted by Gasteiger charge is -2.35. The third-order valence-electron chi connectivity index (χ3n) is 4.91. The zero-order valence-electron chi connectivity index (χ0n) is 14.2. The molecule has 3 atom stereocenters. The Morgan fingerprint density at radius 3 is 2.75 bits per heavy atom. The minimum absolute atomic E-state index is 0. The van der Waals surface area contributed by atoms with Crippen LogP contribution in [0, 0.1) is 5.92 Å². The lowest BCUT2D eigenvalue weighted by atomic mass is 9.85. The zero-order chi connectivity index (χ0) is 15.5. The standard InChI is InChI=1S/C16H27N5O.2ClH/c1-20-11-15(9-18-20)21-7-3-6-14(10-21)19-16(22)12-4-2-5-13(17)8-12;;/h9,11-14H,2-8,10,17H2,1H3,(H,19,22);2*1H. The van der Waals surface area contributed by atoms with Crippen molar-refractivity contribution in [3.05, 3.63) is 12.4 Å². The van der Waals surface area contributed by atoms with E-state index in [1.54, 1.807) is 0 Å². The summed E-state index contributed by atoms with van der Waals surface area (Å²) >= 11 is 0. The number of aryl methyl sites for hydroxylation is 1. The molecular weight excluding hydrogens is 349 g/mol. The van der Waals surface area contributed by atoms with E-state index in [4.69, 9.17) is 5.73 Å². The number of amides is 1. The maximum absolute atomic E-state index is 12.5. The van der Waals surface area contributed by atoms with Gasteiger partial charge in [0.1, 0.15) is 0 Å².